The van der Waals surface area contributed by atoms with Crippen molar-refractivity contribution in [2.45, 2.75) is 46.2 Å². The van der Waals surface area contributed by atoms with Crippen molar-refractivity contribution in [3.63, 3.8) is 0 Å². The summed E-state index contributed by atoms with van der Waals surface area (Å²) in [4.78, 5) is 14.9. The van der Waals surface area contributed by atoms with Crippen LogP contribution in [-0.2, 0) is 6.54 Å². The van der Waals surface area contributed by atoms with Crippen LogP contribution in [0.15, 0.2) is 54.6 Å². The number of methoxy groups -OCH3 is 1. The number of benzene rings is 2. The summed E-state index contributed by atoms with van der Waals surface area (Å²) in [6.45, 7) is 7.08. The predicted octanol–water partition coefficient (Wildman–Crippen LogP) is 5.31. The quantitative estimate of drug-likeness (QED) is 0.482. The number of carbonyl (C=O) groups excluding carboxylic acids is 1. The summed E-state index contributed by atoms with van der Waals surface area (Å²) in [7, 11) is 1.64. The maximum atomic E-state index is 13.0. The largest absolute Gasteiger partial charge is 0.497 e. The summed E-state index contributed by atoms with van der Waals surface area (Å²) in [5.74, 6) is 2.62. The van der Waals surface area contributed by atoms with E-state index in [9.17, 15) is 4.79 Å². The minimum atomic E-state index is -0.0563. The summed E-state index contributed by atoms with van der Waals surface area (Å²) in [6.07, 6.45) is 2.34. The van der Waals surface area contributed by atoms with Gasteiger partial charge in [0.2, 0.25) is 5.88 Å². The SMILES string of the molecule is COc1ccc(Oc2c(CN(CC3CC3)C(=O)NC(C)C)c(C)nn2-c2ccccc2)cc1. The molecule has 1 saturated carbocycles. The van der Waals surface area contributed by atoms with Gasteiger partial charge >= 0.3 is 6.03 Å². The first-order valence-electron chi connectivity index (χ1n) is 11.5. The minimum absolute atomic E-state index is 0.0563. The number of nitrogens with one attached hydrogen (secondary N) is 1. The Hall–Kier alpha value is -3.48. The van der Waals surface area contributed by atoms with E-state index in [4.69, 9.17) is 14.6 Å². The number of amides is 2. The van der Waals surface area contributed by atoms with Crippen LogP contribution in [0.2, 0.25) is 0 Å². The van der Waals surface area contributed by atoms with Gasteiger partial charge in [-0.1, -0.05) is 18.2 Å². The molecule has 0 saturated heterocycles. The highest BCUT2D eigenvalue weighted by molar-refractivity contribution is 5.74. The van der Waals surface area contributed by atoms with Crippen molar-refractivity contribution >= 4 is 6.03 Å². The molecule has 174 valence electrons. The summed E-state index contributed by atoms with van der Waals surface area (Å²) in [5, 5.41) is 7.83. The lowest BCUT2D eigenvalue weighted by Gasteiger charge is -2.25. The van der Waals surface area contributed by atoms with Crippen LogP contribution in [0.4, 0.5) is 4.79 Å². The maximum absolute atomic E-state index is 13.0. The summed E-state index contributed by atoms with van der Waals surface area (Å²) in [5.41, 5.74) is 2.63. The molecule has 1 aliphatic carbocycles. The van der Waals surface area contributed by atoms with Gasteiger partial charge in [-0.05, 0) is 75.9 Å². The van der Waals surface area contributed by atoms with Crippen molar-refractivity contribution < 1.29 is 14.3 Å². The number of ether oxygens (including phenoxy) is 2. The zero-order valence-corrected chi connectivity index (χ0v) is 19.7. The molecule has 1 heterocycles. The van der Waals surface area contributed by atoms with Crippen molar-refractivity contribution in [3.05, 3.63) is 65.9 Å². The van der Waals surface area contributed by atoms with Crippen molar-refractivity contribution in [1.82, 2.24) is 20.0 Å². The normalized spacial score (nSPS) is 13.1. The van der Waals surface area contributed by atoms with Crippen molar-refractivity contribution in [2.75, 3.05) is 13.7 Å². The zero-order chi connectivity index (χ0) is 23.4. The number of para-hydroxylation sites is 1. The molecule has 0 aliphatic heterocycles. The number of hydrogen-bond acceptors (Lipinski definition) is 4. The maximum Gasteiger partial charge on any atom is 0.317 e. The molecule has 0 bridgehead atoms. The van der Waals surface area contributed by atoms with Gasteiger partial charge in [0.1, 0.15) is 11.5 Å². The second kappa shape index (κ2) is 9.98. The number of hydrogen-bond donors (Lipinski definition) is 1. The molecule has 2 aromatic carbocycles. The Kier molecular flexibility index (Phi) is 6.87. The third kappa shape index (κ3) is 5.66. The predicted molar refractivity (Wildman–Crippen MR) is 128 cm³/mol. The number of carbonyl (C=O) groups is 1. The fourth-order valence-corrected chi connectivity index (χ4v) is 3.69. The topological polar surface area (TPSA) is 68.6 Å². The van der Waals surface area contributed by atoms with E-state index in [-0.39, 0.29) is 12.1 Å². The van der Waals surface area contributed by atoms with E-state index in [1.165, 1.54) is 12.8 Å². The number of aryl methyl sites for hydroxylation is 1. The summed E-state index contributed by atoms with van der Waals surface area (Å²) in [6, 6.07) is 17.4. The molecule has 0 unspecified atom stereocenters. The average molecular weight is 449 g/mol. The van der Waals surface area contributed by atoms with Crippen molar-refractivity contribution in [1.29, 1.82) is 0 Å². The molecule has 1 aromatic heterocycles. The average Bonchev–Trinajstić information content (AvgIpc) is 3.58. The molecule has 0 spiro atoms. The molecule has 2 amide bonds. The molecule has 4 rings (SSSR count). The number of rotatable bonds is 9. The molecule has 7 heteroatoms. The highest BCUT2D eigenvalue weighted by atomic mass is 16.5. The third-order valence-electron chi connectivity index (χ3n) is 5.64. The summed E-state index contributed by atoms with van der Waals surface area (Å²) >= 11 is 0. The van der Waals surface area contributed by atoms with Gasteiger partial charge in [0.05, 0.1) is 30.6 Å². The van der Waals surface area contributed by atoms with Crippen LogP contribution in [0.25, 0.3) is 5.69 Å². The van der Waals surface area contributed by atoms with Gasteiger partial charge in [-0.2, -0.15) is 5.10 Å². The lowest BCUT2D eigenvalue weighted by Crippen LogP contribution is -2.43. The van der Waals surface area contributed by atoms with Gasteiger partial charge < -0.3 is 19.7 Å². The van der Waals surface area contributed by atoms with Crippen LogP contribution in [0.3, 0.4) is 0 Å². The van der Waals surface area contributed by atoms with E-state index in [1.54, 1.807) is 7.11 Å². The van der Waals surface area contributed by atoms with Gasteiger partial charge in [0.25, 0.3) is 0 Å². The summed E-state index contributed by atoms with van der Waals surface area (Å²) < 4.78 is 13.5. The van der Waals surface area contributed by atoms with E-state index in [0.29, 0.717) is 24.1 Å². The van der Waals surface area contributed by atoms with Gasteiger partial charge in [-0.25, -0.2) is 9.48 Å². The van der Waals surface area contributed by atoms with Crippen molar-refractivity contribution in [3.8, 4) is 23.1 Å². The zero-order valence-electron chi connectivity index (χ0n) is 19.7. The molecular weight excluding hydrogens is 416 g/mol. The monoisotopic (exact) mass is 448 g/mol. The molecule has 1 fully saturated rings. The van der Waals surface area contributed by atoms with Gasteiger partial charge in [-0.3, -0.25) is 0 Å². The standard InChI is InChI=1S/C26H32N4O3/c1-18(2)27-26(31)29(16-20-10-11-20)17-24-19(3)28-30(21-8-6-5-7-9-21)25(24)33-23-14-12-22(32-4)13-15-23/h5-9,12-15,18,20H,10-11,16-17H2,1-4H3,(H,27,31). The Morgan fingerprint density at radius 2 is 1.79 bits per heavy atom. The van der Waals surface area contributed by atoms with E-state index in [1.807, 2.05) is 85.0 Å². The molecular formula is C26H32N4O3. The second-order valence-corrected chi connectivity index (χ2v) is 8.82. The Morgan fingerprint density at radius 1 is 1.12 bits per heavy atom. The van der Waals surface area contributed by atoms with Gasteiger partial charge in [-0.15, -0.1) is 0 Å². The van der Waals surface area contributed by atoms with Crippen molar-refractivity contribution in [2.24, 2.45) is 5.92 Å². The van der Waals surface area contributed by atoms with Crippen LogP contribution in [-0.4, -0.2) is 40.4 Å². The smallest absolute Gasteiger partial charge is 0.317 e. The molecule has 33 heavy (non-hydrogen) atoms. The second-order valence-electron chi connectivity index (χ2n) is 8.82. The lowest BCUT2D eigenvalue weighted by atomic mass is 10.2. The third-order valence-corrected chi connectivity index (χ3v) is 5.64. The lowest BCUT2D eigenvalue weighted by molar-refractivity contribution is 0.189. The van der Waals surface area contributed by atoms with Crippen LogP contribution < -0.4 is 14.8 Å². The number of urea groups is 1. The van der Waals surface area contributed by atoms with Crippen LogP contribution in [0, 0.1) is 12.8 Å². The molecule has 0 atom stereocenters. The van der Waals surface area contributed by atoms with Crippen LogP contribution in [0.5, 0.6) is 17.4 Å². The first-order valence-corrected chi connectivity index (χ1v) is 11.5. The molecule has 3 aromatic rings. The Balaban J connectivity index is 1.70. The Bertz CT molecular complexity index is 1070. The van der Waals surface area contributed by atoms with Gasteiger partial charge in [0.15, 0.2) is 0 Å². The van der Waals surface area contributed by atoms with Gasteiger partial charge in [0, 0.05) is 12.6 Å². The molecule has 7 nitrogen and oxygen atoms in total. The van der Waals surface area contributed by atoms with E-state index in [2.05, 4.69) is 5.32 Å². The van der Waals surface area contributed by atoms with E-state index >= 15 is 0 Å². The number of nitrogens with zero attached hydrogens (tertiary/aromatic N) is 3. The minimum Gasteiger partial charge on any atom is -0.497 e. The van der Waals surface area contributed by atoms with Crippen LogP contribution >= 0.6 is 0 Å². The fraction of sp³-hybridized carbons (Fsp3) is 0.385. The highest BCUT2D eigenvalue weighted by Gasteiger charge is 2.29. The molecule has 1 N–H and O–H groups in total. The number of aromatic nitrogens is 2. The first-order chi connectivity index (χ1) is 15.9. The van der Waals surface area contributed by atoms with E-state index < -0.39 is 0 Å². The first kappa shape index (κ1) is 22.7. The molecule has 0 radical (unpaired) electrons. The Morgan fingerprint density at radius 3 is 2.39 bits per heavy atom. The molecule has 1 aliphatic rings. The fourth-order valence-electron chi connectivity index (χ4n) is 3.69. The van der Waals surface area contributed by atoms with E-state index in [0.717, 1.165) is 29.2 Å². The Labute approximate surface area is 195 Å². The highest BCUT2D eigenvalue weighted by Crippen LogP contribution is 2.34. The van der Waals surface area contributed by atoms with Crippen LogP contribution in [0.1, 0.15) is 37.9 Å².